The van der Waals surface area contributed by atoms with Gasteiger partial charge >= 0.3 is 0 Å². The lowest BCUT2D eigenvalue weighted by Gasteiger charge is -2.16. The van der Waals surface area contributed by atoms with Crippen LogP contribution in [0, 0.1) is 6.92 Å². The van der Waals surface area contributed by atoms with Crippen LogP contribution < -0.4 is 10.5 Å². The van der Waals surface area contributed by atoms with Crippen LogP contribution in [-0.2, 0) is 40.4 Å². The molecular formula is C17H16N2O11S4. The smallest absolute Gasteiger partial charge is 0.295 e. The molecule has 0 radical (unpaired) electrons. The van der Waals surface area contributed by atoms with Crippen molar-refractivity contribution in [2.24, 2.45) is 0 Å². The quantitative estimate of drug-likeness (QED) is 0.215. The number of nitrogen functional groups attached to an aromatic ring is 1. The van der Waals surface area contributed by atoms with E-state index in [1.54, 1.807) is 0 Å². The van der Waals surface area contributed by atoms with Crippen molar-refractivity contribution < 1.29 is 47.3 Å². The second-order valence-electron chi connectivity index (χ2n) is 7.05. The third-order valence-electron chi connectivity index (χ3n) is 4.57. The van der Waals surface area contributed by atoms with E-state index in [9.17, 15) is 47.3 Å². The van der Waals surface area contributed by atoms with Gasteiger partial charge in [0.1, 0.15) is 4.90 Å². The number of nitrogens with one attached hydrogen (secondary N) is 1. The Morgan fingerprint density at radius 3 is 1.71 bits per heavy atom. The van der Waals surface area contributed by atoms with E-state index in [4.69, 9.17) is 5.73 Å². The number of sulfonamides is 1. The van der Waals surface area contributed by atoms with E-state index in [-0.39, 0.29) is 16.1 Å². The summed E-state index contributed by atoms with van der Waals surface area (Å²) < 4.78 is 127. The molecule has 0 saturated carbocycles. The third kappa shape index (κ3) is 5.14. The van der Waals surface area contributed by atoms with E-state index in [0.29, 0.717) is 24.3 Å². The van der Waals surface area contributed by atoms with Gasteiger partial charge in [-0.25, -0.2) is 8.42 Å². The first-order chi connectivity index (χ1) is 15.3. The van der Waals surface area contributed by atoms with Crippen LogP contribution in [0.1, 0.15) is 5.56 Å². The number of hydrogen-bond acceptors (Lipinski definition) is 9. The van der Waals surface area contributed by atoms with Gasteiger partial charge in [0.15, 0.2) is 0 Å². The Labute approximate surface area is 194 Å². The molecule has 184 valence electrons. The molecule has 3 aromatic carbocycles. The van der Waals surface area contributed by atoms with E-state index in [2.05, 4.69) is 0 Å². The molecule has 3 aromatic rings. The van der Waals surface area contributed by atoms with Crippen LogP contribution in [0.4, 0.5) is 11.4 Å². The molecule has 0 heterocycles. The molecule has 34 heavy (non-hydrogen) atoms. The average molecular weight is 553 g/mol. The number of anilines is 2. The second kappa shape index (κ2) is 8.15. The van der Waals surface area contributed by atoms with Gasteiger partial charge in [0.05, 0.1) is 20.4 Å². The Kier molecular flexibility index (Phi) is 6.19. The summed E-state index contributed by atoms with van der Waals surface area (Å²) in [4.78, 5) is -3.48. The predicted octanol–water partition coefficient (Wildman–Crippen LogP) is 1.27. The fraction of sp³-hybridized carbons (Fsp3) is 0.0588. The summed E-state index contributed by atoms with van der Waals surface area (Å²) in [5.74, 6) is 0. The van der Waals surface area contributed by atoms with Gasteiger partial charge in [-0.05, 0) is 60.3 Å². The van der Waals surface area contributed by atoms with E-state index < -0.39 is 71.5 Å². The van der Waals surface area contributed by atoms with Gasteiger partial charge in [0.2, 0.25) is 0 Å². The molecule has 0 atom stereocenters. The van der Waals surface area contributed by atoms with Gasteiger partial charge in [0.25, 0.3) is 40.4 Å². The maximum atomic E-state index is 13.0. The molecular weight excluding hydrogens is 536 g/mol. The highest BCUT2D eigenvalue weighted by molar-refractivity contribution is 7.92. The fourth-order valence-electron chi connectivity index (χ4n) is 3.18. The third-order valence-corrected chi connectivity index (χ3v) is 8.63. The summed E-state index contributed by atoms with van der Waals surface area (Å²) in [7, 11) is -19.9. The zero-order valence-electron chi connectivity index (χ0n) is 16.9. The lowest BCUT2D eigenvalue weighted by atomic mass is 10.1. The summed E-state index contributed by atoms with van der Waals surface area (Å²) in [6, 6.07) is 5.89. The zero-order valence-corrected chi connectivity index (χ0v) is 20.1. The van der Waals surface area contributed by atoms with Gasteiger partial charge in [-0.15, -0.1) is 0 Å². The highest BCUT2D eigenvalue weighted by Crippen LogP contribution is 2.36. The van der Waals surface area contributed by atoms with Crippen molar-refractivity contribution in [2.45, 2.75) is 26.5 Å². The number of rotatable bonds is 6. The minimum Gasteiger partial charge on any atom is -0.399 e. The number of benzene rings is 3. The van der Waals surface area contributed by atoms with Gasteiger partial charge in [-0.2, -0.15) is 25.3 Å². The molecule has 0 unspecified atom stereocenters. The summed E-state index contributed by atoms with van der Waals surface area (Å²) in [5, 5.41) is -1.21. The molecule has 0 spiro atoms. The Balaban J connectivity index is 2.47. The molecule has 0 amide bonds. The highest BCUT2D eigenvalue weighted by atomic mass is 32.2. The molecule has 17 heteroatoms. The molecule has 0 bridgehead atoms. The zero-order chi connectivity index (χ0) is 25.9. The monoisotopic (exact) mass is 552 g/mol. The van der Waals surface area contributed by atoms with Crippen LogP contribution in [0.2, 0.25) is 0 Å². The van der Waals surface area contributed by atoms with Crippen LogP contribution in [0.25, 0.3) is 10.8 Å². The lowest BCUT2D eigenvalue weighted by Crippen LogP contribution is -2.16. The number of nitrogens with two attached hydrogens (primary N) is 1. The first-order valence-corrected chi connectivity index (χ1v) is 14.5. The lowest BCUT2D eigenvalue weighted by molar-refractivity contribution is 0.480. The van der Waals surface area contributed by atoms with Crippen molar-refractivity contribution >= 4 is 62.5 Å². The highest BCUT2D eigenvalue weighted by Gasteiger charge is 2.27. The first-order valence-electron chi connectivity index (χ1n) is 8.74. The van der Waals surface area contributed by atoms with E-state index in [1.807, 2.05) is 4.72 Å². The van der Waals surface area contributed by atoms with Gasteiger partial charge in [-0.3, -0.25) is 18.4 Å². The van der Waals surface area contributed by atoms with E-state index >= 15 is 0 Å². The summed E-state index contributed by atoms with van der Waals surface area (Å²) in [6.07, 6.45) is 0. The van der Waals surface area contributed by atoms with Crippen molar-refractivity contribution in [3.05, 3.63) is 48.0 Å². The fourth-order valence-corrected chi connectivity index (χ4v) is 6.39. The normalized spacial score (nSPS) is 13.2. The summed E-state index contributed by atoms with van der Waals surface area (Å²) in [5.41, 5.74) is 5.28. The molecule has 3 rings (SSSR count). The first kappa shape index (κ1) is 25.8. The Hall–Kier alpha value is -2.80. The van der Waals surface area contributed by atoms with Gasteiger partial charge in [-0.1, -0.05) is 0 Å². The van der Waals surface area contributed by atoms with E-state index in [1.165, 1.54) is 19.1 Å². The standard InChI is InChI=1S/C17H16N2O11S4/c1-9-4-11(18)2-3-15(9)31(20,21)19-14-7-12(32(22,23)24)5-10-6-13(33(25,26)27)8-16(17(10)14)34(28,29)30/h2-8,19H,18H2,1H3,(H,22,23,24)(H,25,26,27)(H,28,29,30). The Morgan fingerprint density at radius 1 is 0.706 bits per heavy atom. The molecule has 6 N–H and O–H groups in total. The Bertz CT molecular complexity index is 1770. The predicted molar refractivity (Wildman–Crippen MR) is 120 cm³/mol. The van der Waals surface area contributed by atoms with E-state index in [0.717, 1.165) is 6.07 Å². The molecule has 0 aliphatic rings. The van der Waals surface area contributed by atoms with Crippen LogP contribution in [0.5, 0.6) is 0 Å². The SMILES string of the molecule is Cc1cc(N)ccc1S(=O)(=O)Nc1cc(S(=O)(=O)O)cc2cc(S(=O)(=O)O)cc(S(=O)(=O)O)c12. The second-order valence-corrected chi connectivity index (χ2v) is 12.9. The minimum absolute atomic E-state index is 0.173. The van der Waals surface area contributed by atoms with Crippen molar-refractivity contribution in [3.63, 3.8) is 0 Å². The van der Waals surface area contributed by atoms with Crippen molar-refractivity contribution in [1.29, 1.82) is 0 Å². The van der Waals surface area contributed by atoms with Crippen molar-refractivity contribution in [1.82, 2.24) is 0 Å². The maximum Gasteiger partial charge on any atom is 0.295 e. The summed E-state index contributed by atoms with van der Waals surface area (Å²) in [6.45, 7) is 1.40. The molecule has 0 aliphatic heterocycles. The van der Waals surface area contributed by atoms with Crippen molar-refractivity contribution in [2.75, 3.05) is 10.5 Å². The Morgan fingerprint density at radius 2 is 1.24 bits per heavy atom. The average Bonchev–Trinajstić information content (AvgIpc) is 2.64. The number of aryl methyl sites for hydroxylation is 1. The topological polar surface area (TPSA) is 235 Å². The van der Waals surface area contributed by atoms with Crippen LogP contribution in [0.15, 0.2) is 62.0 Å². The molecule has 13 nitrogen and oxygen atoms in total. The van der Waals surface area contributed by atoms with Crippen LogP contribution in [0.3, 0.4) is 0 Å². The van der Waals surface area contributed by atoms with Crippen molar-refractivity contribution in [3.8, 4) is 0 Å². The number of hydrogen-bond donors (Lipinski definition) is 5. The van der Waals surface area contributed by atoms with Crippen LogP contribution >= 0.6 is 0 Å². The number of fused-ring (bicyclic) bond motifs is 1. The minimum atomic E-state index is -5.26. The maximum absolute atomic E-state index is 13.0. The van der Waals surface area contributed by atoms with Gasteiger partial charge < -0.3 is 5.73 Å². The largest absolute Gasteiger partial charge is 0.399 e. The molecule has 0 saturated heterocycles. The van der Waals surface area contributed by atoms with Crippen LogP contribution in [-0.4, -0.2) is 47.3 Å². The molecule has 0 aromatic heterocycles. The summed E-state index contributed by atoms with van der Waals surface area (Å²) >= 11 is 0. The van der Waals surface area contributed by atoms with Gasteiger partial charge in [0, 0.05) is 11.1 Å². The molecule has 0 fully saturated rings. The molecule has 0 aliphatic carbocycles.